The van der Waals surface area contributed by atoms with Crippen molar-refractivity contribution < 1.29 is 17.9 Å². The van der Waals surface area contributed by atoms with Crippen molar-refractivity contribution in [1.29, 1.82) is 0 Å². The lowest BCUT2D eigenvalue weighted by molar-refractivity contribution is -0.116. The Morgan fingerprint density at radius 1 is 1.16 bits per heavy atom. The van der Waals surface area contributed by atoms with Crippen LogP contribution in [0, 0.1) is 6.92 Å². The fourth-order valence-electron chi connectivity index (χ4n) is 2.49. The molecule has 0 radical (unpaired) electrons. The normalized spacial score (nSPS) is 12.3. The Hall–Kier alpha value is -2.54. The van der Waals surface area contributed by atoms with E-state index >= 15 is 0 Å². The summed E-state index contributed by atoms with van der Waals surface area (Å²) in [5.41, 5.74) is 1.93. The van der Waals surface area contributed by atoms with E-state index in [9.17, 15) is 13.2 Å². The van der Waals surface area contributed by atoms with Crippen molar-refractivity contribution in [2.75, 3.05) is 23.0 Å². The number of hydrogen-bond donors (Lipinski definition) is 1. The number of hydrogen-bond acceptors (Lipinski definition) is 4. The van der Waals surface area contributed by atoms with E-state index in [1.54, 1.807) is 56.5 Å². The second kappa shape index (κ2) is 7.57. The number of aryl methyl sites for hydroxylation is 1. The zero-order chi connectivity index (χ0) is 18.6. The van der Waals surface area contributed by atoms with E-state index in [0.29, 0.717) is 17.1 Å². The van der Waals surface area contributed by atoms with Crippen LogP contribution >= 0.6 is 0 Å². The van der Waals surface area contributed by atoms with Crippen molar-refractivity contribution in [1.82, 2.24) is 0 Å². The van der Waals surface area contributed by atoms with Crippen LogP contribution in [0.3, 0.4) is 0 Å². The van der Waals surface area contributed by atoms with Crippen molar-refractivity contribution in [3.8, 4) is 5.75 Å². The molecule has 0 aromatic heterocycles. The SMILES string of the molecule is COc1ccc(NC(=O)[C@@H](C)N(c2cccc(C)c2)S(C)(=O)=O)cc1. The number of sulfonamides is 1. The summed E-state index contributed by atoms with van der Waals surface area (Å²) >= 11 is 0. The number of nitrogens with zero attached hydrogens (tertiary/aromatic N) is 1. The molecule has 0 spiro atoms. The lowest BCUT2D eigenvalue weighted by atomic mass is 10.2. The molecule has 0 heterocycles. The van der Waals surface area contributed by atoms with Crippen LogP contribution in [0.2, 0.25) is 0 Å². The number of anilines is 2. The summed E-state index contributed by atoms with van der Waals surface area (Å²) in [5.74, 6) is 0.251. The number of ether oxygens (including phenoxy) is 1. The molecule has 1 atom stereocenters. The molecule has 0 unspecified atom stereocenters. The number of nitrogens with one attached hydrogen (secondary N) is 1. The molecule has 1 amide bonds. The van der Waals surface area contributed by atoms with Gasteiger partial charge in [-0.1, -0.05) is 12.1 Å². The Balaban J connectivity index is 2.26. The van der Waals surface area contributed by atoms with Crippen LogP contribution in [-0.4, -0.2) is 33.7 Å². The van der Waals surface area contributed by atoms with Gasteiger partial charge in [0.2, 0.25) is 15.9 Å². The van der Waals surface area contributed by atoms with Gasteiger partial charge in [0.1, 0.15) is 11.8 Å². The molecule has 7 heteroatoms. The van der Waals surface area contributed by atoms with E-state index in [-0.39, 0.29) is 0 Å². The summed E-state index contributed by atoms with van der Waals surface area (Å²) in [6, 6.07) is 13.0. The molecule has 0 aliphatic heterocycles. The molecule has 134 valence electrons. The minimum Gasteiger partial charge on any atom is -0.497 e. The third-order valence-electron chi connectivity index (χ3n) is 3.70. The van der Waals surface area contributed by atoms with Gasteiger partial charge >= 0.3 is 0 Å². The van der Waals surface area contributed by atoms with E-state index < -0.39 is 22.0 Å². The Morgan fingerprint density at radius 3 is 2.32 bits per heavy atom. The lowest BCUT2D eigenvalue weighted by Gasteiger charge is -2.28. The van der Waals surface area contributed by atoms with Gasteiger partial charge in [0.15, 0.2) is 0 Å². The van der Waals surface area contributed by atoms with Crippen molar-refractivity contribution in [3.05, 3.63) is 54.1 Å². The van der Waals surface area contributed by atoms with Gasteiger partial charge < -0.3 is 10.1 Å². The maximum atomic E-state index is 12.6. The van der Waals surface area contributed by atoms with E-state index in [1.807, 2.05) is 13.0 Å². The monoisotopic (exact) mass is 362 g/mol. The van der Waals surface area contributed by atoms with Crippen molar-refractivity contribution in [2.24, 2.45) is 0 Å². The van der Waals surface area contributed by atoms with Gasteiger partial charge in [-0.3, -0.25) is 9.10 Å². The molecule has 0 aliphatic carbocycles. The highest BCUT2D eigenvalue weighted by atomic mass is 32.2. The van der Waals surface area contributed by atoms with Gasteiger partial charge in [0, 0.05) is 5.69 Å². The molecule has 0 saturated heterocycles. The van der Waals surface area contributed by atoms with Crippen LogP contribution in [-0.2, 0) is 14.8 Å². The van der Waals surface area contributed by atoms with E-state index in [1.165, 1.54) is 0 Å². The summed E-state index contributed by atoms with van der Waals surface area (Å²) in [6.07, 6.45) is 1.09. The van der Waals surface area contributed by atoms with Gasteiger partial charge in [0.05, 0.1) is 19.1 Å². The third kappa shape index (κ3) is 4.73. The highest BCUT2D eigenvalue weighted by molar-refractivity contribution is 7.92. The first-order valence-electron chi connectivity index (χ1n) is 7.73. The first-order chi connectivity index (χ1) is 11.7. The van der Waals surface area contributed by atoms with E-state index in [4.69, 9.17) is 4.74 Å². The molecular formula is C18H22N2O4S. The van der Waals surface area contributed by atoms with Crippen LogP contribution in [0.15, 0.2) is 48.5 Å². The minimum absolute atomic E-state index is 0.419. The van der Waals surface area contributed by atoms with Crippen LogP contribution < -0.4 is 14.4 Å². The number of methoxy groups -OCH3 is 1. The minimum atomic E-state index is -3.63. The smallest absolute Gasteiger partial charge is 0.247 e. The molecule has 2 aromatic carbocycles. The average Bonchev–Trinajstić information content (AvgIpc) is 2.54. The molecule has 6 nitrogen and oxygen atoms in total. The molecule has 0 fully saturated rings. The molecule has 0 bridgehead atoms. The van der Waals surface area contributed by atoms with Crippen LogP contribution in [0.4, 0.5) is 11.4 Å². The Labute approximate surface area is 148 Å². The van der Waals surface area contributed by atoms with Crippen LogP contribution in [0.25, 0.3) is 0 Å². The van der Waals surface area contributed by atoms with E-state index in [2.05, 4.69) is 5.32 Å². The Bertz CT molecular complexity index is 848. The lowest BCUT2D eigenvalue weighted by Crippen LogP contribution is -2.45. The number of rotatable bonds is 6. The second-order valence-electron chi connectivity index (χ2n) is 5.79. The van der Waals surface area contributed by atoms with Gasteiger partial charge in [-0.25, -0.2) is 8.42 Å². The summed E-state index contributed by atoms with van der Waals surface area (Å²) in [6.45, 7) is 3.42. The van der Waals surface area contributed by atoms with E-state index in [0.717, 1.165) is 16.1 Å². The predicted molar refractivity (Wildman–Crippen MR) is 99.6 cm³/mol. The Morgan fingerprint density at radius 2 is 1.80 bits per heavy atom. The number of carbonyl (C=O) groups excluding carboxylic acids is 1. The maximum Gasteiger partial charge on any atom is 0.247 e. The largest absolute Gasteiger partial charge is 0.497 e. The fourth-order valence-corrected chi connectivity index (χ4v) is 3.66. The molecule has 2 aromatic rings. The first-order valence-corrected chi connectivity index (χ1v) is 9.58. The van der Waals surface area contributed by atoms with Crippen LogP contribution in [0.5, 0.6) is 5.75 Å². The van der Waals surface area contributed by atoms with Crippen molar-refractivity contribution in [2.45, 2.75) is 19.9 Å². The number of benzene rings is 2. The van der Waals surface area contributed by atoms with Crippen molar-refractivity contribution in [3.63, 3.8) is 0 Å². The maximum absolute atomic E-state index is 12.6. The standard InChI is InChI=1S/C18H22N2O4S/c1-13-6-5-7-16(12-13)20(25(4,22)23)14(2)18(21)19-15-8-10-17(24-3)11-9-15/h5-12,14H,1-4H3,(H,19,21)/t14-/m1/s1. The van der Waals surface area contributed by atoms with Gasteiger partial charge in [-0.05, 0) is 55.8 Å². The Kier molecular flexibility index (Phi) is 5.69. The van der Waals surface area contributed by atoms with Gasteiger partial charge in [0.25, 0.3) is 0 Å². The summed E-state index contributed by atoms with van der Waals surface area (Å²) in [5, 5.41) is 2.73. The summed E-state index contributed by atoms with van der Waals surface area (Å²) in [7, 11) is -2.07. The van der Waals surface area contributed by atoms with Gasteiger partial charge in [-0.15, -0.1) is 0 Å². The summed E-state index contributed by atoms with van der Waals surface area (Å²) < 4.78 is 30.7. The van der Waals surface area contributed by atoms with Gasteiger partial charge in [-0.2, -0.15) is 0 Å². The molecule has 25 heavy (non-hydrogen) atoms. The molecule has 0 aliphatic rings. The quantitative estimate of drug-likeness (QED) is 0.857. The highest BCUT2D eigenvalue weighted by Gasteiger charge is 2.29. The third-order valence-corrected chi connectivity index (χ3v) is 4.94. The van der Waals surface area contributed by atoms with Crippen molar-refractivity contribution >= 4 is 27.3 Å². The fraction of sp³-hybridized carbons (Fsp3) is 0.278. The number of carbonyl (C=O) groups is 1. The van der Waals surface area contributed by atoms with Crippen LogP contribution in [0.1, 0.15) is 12.5 Å². The molecule has 0 saturated carbocycles. The zero-order valence-electron chi connectivity index (χ0n) is 14.7. The average molecular weight is 362 g/mol. The predicted octanol–water partition coefficient (Wildman–Crippen LogP) is 2.80. The number of amides is 1. The zero-order valence-corrected chi connectivity index (χ0v) is 15.5. The molecule has 1 N–H and O–H groups in total. The second-order valence-corrected chi connectivity index (χ2v) is 7.65. The molecule has 2 rings (SSSR count). The summed E-state index contributed by atoms with van der Waals surface area (Å²) in [4.78, 5) is 12.6. The topological polar surface area (TPSA) is 75.7 Å². The molecular weight excluding hydrogens is 340 g/mol. The first kappa shape index (κ1) is 18.8. The highest BCUT2D eigenvalue weighted by Crippen LogP contribution is 2.23.